The Hall–Kier alpha value is -1.65. The van der Waals surface area contributed by atoms with Gasteiger partial charge in [-0.2, -0.15) is 0 Å². The molecule has 3 N–H and O–H groups in total. The minimum Gasteiger partial charge on any atom is -0.389 e. The molecule has 0 radical (unpaired) electrons. The number of hydrogen-bond donors (Lipinski definition) is 2. The van der Waals surface area contributed by atoms with Gasteiger partial charge in [0, 0.05) is 29.8 Å². The fourth-order valence-electron chi connectivity index (χ4n) is 2.91. The number of anilines is 1. The number of thiocarbonyl (C=S) groups is 1. The zero-order valence-electron chi connectivity index (χ0n) is 12.0. The summed E-state index contributed by atoms with van der Waals surface area (Å²) < 4.78 is 5.66. The third kappa shape index (κ3) is 3.17. The largest absolute Gasteiger partial charge is 0.389 e. The molecule has 110 valence electrons. The smallest absolute Gasteiger partial charge is 0.104 e. The molecule has 0 bridgehead atoms. The monoisotopic (exact) mass is 300 g/mol. The highest BCUT2D eigenvalue weighted by molar-refractivity contribution is 7.80. The summed E-state index contributed by atoms with van der Waals surface area (Å²) in [6.07, 6.45) is 3.84. The number of fused-ring (bicyclic) bond motifs is 1. The maximum atomic E-state index is 5.81. The van der Waals surface area contributed by atoms with Crippen LogP contribution in [0.5, 0.6) is 0 Å². The van der Waals surface area contributed by atoms with Gasteiger partial charge in [0.15, 0.2) is 0 Å². The van der Waals surface area contributed by atoms with E-state index in [2.05, 4.69) is 23.5 Å². The van der Waals surface area contributed by atoms with Gasteiger partial charge in [0.1, 0.15) is 4.99 Å². The second kappa shape index (κ2) is 6.41. The highest BCUT2D eigenvalue weighted by Crippen LogP contribution is 2.27. The topological polar surface area (TPSA) is 47.3 Å². The van der Waals surface area contributed by atoms with Crippen LogP contribution in [-0.2, 0) is 4.74 Å². The van der Waals surface area contributed by atoms with Gasteiger partial charge in [-0.25, -0.2) is 0 Å². The van der Waals surface area contributed by atoms with Crippen LogP contribution in [0.3, 0.4) is 0 Å². The van der Waals surface area contributed by atoms with E-state index in [0.29, 0.717) is 11.1 Å². The average Bonchev–Trinajstić information content (AvgIpc) is 3.00. The first-order valence-electron chi connectivity index (χ1n) is 7.43. The van der Waals surface area contributed by atoms with Gasteiger partial charge in [-0.1, -0.05) is 36.5 Å². The average molecular weight is 300 g/mol. The molecule has 1 atom stereocenters. The summed E-state index contributed by atoms with van der Waals surface area (Å²) in [5.74, 6) is 0. The van der Waals surface area contributed by atoms with Crippen LogP contribution < -0.4 is 11.1 Å². The number of benzene rings is 2. The lowest BCUT2D eigenvalue weighted by Gasteiger charge is -2.14. The molecule has 1 saturated heterocycles. The van der Waals surface area contributed by atoms with Crippen molar-refractivity contribution < 1.29 is 4.74 Å². The molecular weight excluding hydrogens is 280 g/mol. The normalized spacial score (nSPS) is 18.0. The molecule has 4 heteroatoms. The SMILES string of the molecule is NC(=S)c1ccc(NCCC2CCCO2)c2ccccc12. The number of nitrogens with one attached hydrogen (secondary N) is 1. The number of ether oxygens (including phenoxy) is 1. The van der Waals surface area contributed by atoms with Gasteiger partial charge in [-0.15, -0.1) is 0 Å². The van der Waals surface area contributed by atoms with E-state index in [-0.39, 0.29) is 0 Å². The van der Waals surface area contributed by atoms with Gasteiger partial charge in [0.05, 0.1) is 6.10 Å². The van der Waals surface area contributed by atoms with Crippen LogP contribution in [0.1, 0.15) is 24.8 Å². The van der Waals surface area contributed by atoms with Crippen molar-refractivity contribution >= 4 is 33.7 Å². The molecule has 3 nitrogen and oxygen atoms in total. The Morgan fingerprint density at radius 3 is 2.76 bits per heavy atom. The molecule has 1 unspecified atom stereocenters. The van der Waals surface area contributed by atoms with Crippen molar-refractivity contribution in [2.45, 2.75) is 25.4 Å². The van der Waals surface area contributed by atoms with Gasteiger partial charge in [0.25, 0.3) is 0 Å². The molecule has 1 aliphatic rings. The predicted octanol–water partition coefficient (Wildman–Crippen LogP) is 3.46. The van der Waals surface area contributed by atoms with E-state index in [1.54, 1.807) is 0 Å². The Morgan fingerprint density at radius 2 is 2.05 bits per heavy atom. The van der Waals surface area contributed by atoms with Crippen LogP contribution in [0.2, 0.25) is 0 Å². The van der Waals surface area contributed by atoms with Crippen molar-refractivity contribution in [2.24, 2.45) is 5.73 Å². The second-order valence-electron chi connectivity index (χ2n) is 5.42. The fraction of sp³-hybridized carbons (Fsp3) is 0.353. The summed E-state index contributed by atoms with van der Waals surface area (Å²) in [5.41, 5.74) is 7.87. The maximum Gasteiger partial charge on any atom is 0.104 e. The summed E-state index contributed by atoms with van der Waals surface area (Å²) in [7, 11) is 0. The highest BCUT2D eigenvalue weighted by Gasteiger charge is 2.15. The minimum absolute atomic E-state index is 0.416. The van der Waals surface area contributed by atoms with Crippen molar-refractivity contribution in [3.05, 3.63) is 42.0 Å². The van der Waals surface area contributed by atoms with E-state index in [1.165, 1.54) is 12.8 Å². The van der Waals surface area contributed by atoms with Crippen LogP contribution >= 0.6 is 12.2 Å². The molecule has 2 aromatic rings. The summed E-state index contributed by atoms with van der Waals surface area (Å²) in [5, 5.41) is 5.78. The van der Waals surface area contributed by atoms with Crippen LogP contribution in [0.4, 0.5) is 5.69 Å². The Morgan fingerprint density at radius 1 is 1.24 bits per heavy atom. The molecule has 21 heavy (non-hydrogen) atoms. The summed E-state index contributed by atoms with van der Waals surface area (Å²) in [6.45, 7) is 1.83. The van der Waals surface area contributed by atoms with E-state index >= 15 is 0 Å². The lowest BCUT2D eigenvalue weighted by atomic mass is 10.0. The standard InChI is InChI=1S/C17H20N2OS/c18-17(21)15-7-8-16(14-6-2-1-5-13(14)15)19-10-9-12-4-3-11-20-12/h1-2,5-8,12,19H,3-4,9-11H2,(H2,18,21). The first-order chi connectivity index (χ1) is 10.3. The summed E-state index contributed by atoms with van der Waals surface area (Å²) >= 11 is 5.13. The van der Waals surface area contributed by atoms with Gasteiger partial charge >= 0.3 is 0 Å². The van der Waals surface area contributed by atoms with E-state index in [1.807, 2.05) is 18.2 Å². The van der Waals surface area contributed by atoms with Gasteiger partial charge in [-0.3, -0.25) is 0 Å². The zero-order chi connectivity index (χ0) is 14.7. The molecule has 1 fully saturated rings. The Kier molecular flexibility index (Phi) is 4.36. The Bertz CT molecular complexity index is 650. The van der Waals surface area contributed by atoms with Crippen molar-refractivity contribution in [2.75, 3.05) is 18.5 Å². The number of nitrogens with two attached hydrogens (primary N) is 1. The van der Waals surface area contributed by atoms with Crippen LogP contribution in [0.25, 0.3) is 10.8 Å². The van der Waals surface area contributed by atoms with Crippen molar-refractivity contribution in [1.82, 2.24) is 0 Å². The third-order valence-electron chi connectivity index (χ3n) is 4.00. The molecule has 0 amide bonds. The quantitative estimate of drug-likeness (QED) is 0.830. The lowest BCUT2D eigenvalue weighted by Crippen LogP contribution is -2.13. The van der Waals surface area contributed by atoms with Crippen molar-refractivity contribution in [3.8, 4) is 0 Å². The number of hydrogen-bond acceptors (Lipinski definition) is 3. The van der Waals surface area contributed by atoms with E-state index in [4.69, 9.17) is 22.7 Å². The molecule has 0 aromatic heterocycles. The number of rotatable bonds is 5. The molecule has 1 aliphatic heterocycles. The fourth-order valence-corrected chi connectivity index (χ4v) is 3.09. The molecule has 3 rings (SSSR count). The van der Waals surface area contributed by atoms with E-state index in [0.717, 1.165) is 41.6 Å². The molecule has 0 aliphatic carbocycles. The van der Waals surface area contributed by atoms with Crippen molar-refractivity contribution in [3.63, 3.8) is 0 Å². The third-order valence-corrected chi connectivity index (χ3v) is 4.22. The molecular formula is C17H20N2OS. The first kappa shape index (κ1) is 14.3. The Balaban J connectivity index is 1.79. The Labute approximate surface area is 130 Å². The zero-order valence-corrected chi connectivity index (χ0v) is 12.8. The van der Waals surface area contributed by atoms with Crippen molar-refractivity contribution in [1.29, 1.82) is 0 Å². The summed E-state index contributed by atoms with van der Waals surface area (Å²) in [4.78, 5) is 0.442. The van der Waals surface area contributed by atoms with Crippen LogP contribution in [0, 0.1) is 0 Å². The maximum absolute atomic E-state index is 5.81. The van der Waals surface area contributed by atoms with Gasteiger partial charge in [0.2, 0.25) is 0 Å². The molecule has 0 spiro atoms. The predicted molar refractivity (Wildman–Crippen MR) is 91.9 cm³/mol. The van der Waals surface area contributed by atoms with Crippen LogP contribution in [-0.4, -0.2) is 24.2 Å². The molecule has 1 heterocycles. The minimum atomic E-state index is 0.416. The van der Waals surface area contributed by atoms with Gasteiger partial charge in [-0.05, 0) is 36.8 Å². The van der Waals surface area contributed by atoms with E-state index < -0.39 is 0 Å². The second-order valence-corrected chi connectivity index (χ2v) is 5.86. The van der Waals surface area contributed by atoms with Gasteiger partial charge < -0.3 is 15.8 Å². The van der Waals surface area contributed by atoms with Crippen LogP contribution in [0.15, 0.2) is 36.4 Å². The first-order valence-corrected chi connectivity index (χ1v) is 7.83. The highest BCUT2D eigenvalue weighted by atomic mass is 32.1. The molecule has 2 aromatic carbocycles. The summed E-state index contributed by atoms with van der Waals surface area (Å²) in [6, 6.07) is 12.3. The lowest BCUT2D eigenvalue weighted by molar-refractivity contribution is 0.107. The van der Waals surface area contributed by atoms with E-state index in [9.17, 15) is 0 Å². The molecule has 0 saturated carbocycles.